The minimum Gasteiger partial charge on any atom is -0.508 e. The smallest absolute Gasteiger partial charge is 0.314 e. The quantitative estimate of drug-likeness (QED) is 0.844. The molecule has 1 saturated carbocycles. The van der Waals surface area contributed by atoms with Crippen LogP contribution in [-0.4, -0.2) is 16.2 Å². The fourth-order valence-electron chi connectivity index (χ4n) is 2.94. The lowest BCUT2D eigenvalue weighted by molar-refractivity contribution is -0.145. The highest BCUT2D eigenvalue weighted by molar-refractivity contribution is 5.82. The van der Waals surface area contributed by atoms with Crippen LogP contribution in [0, 0.1) is 13.8 Å². The van der Waals surface area contributed by atoms with Gasteiger partial charge < -0.3 is 10.2 Å². The second-order valence-corrected chi connectivity index (χ2v) is 5.40. The Morgan fingerprint density at radius 2 is 1.67 bits per heavy atom. The Hall–Kier alpha value is -1.51. The van der Waals surface area contributed by atoms with Crippen LogP contribution in [0.2, 0.25) is 0 Å². The molecule has 0 spiro atoms. The summed E-state index contributed by atoms with van der Waals surface area (Å²) in [5, 5.41) is 19.7. The van der Waals surface area contributed by atoms with Crippen LogP contribution in [0.1, 0.15) is 48.8 Å². The minimum atomic E-state index is -0.888. The second kappa shape index (κ2) is 4.63. The Bertz CT molecular complexity index is 471. The fraction of sp³-hybridized carbons (Fsp3) is 0.533. The van der Waals surface area contributed by atoms with Gasteiger partial charge >= 0.3 is 5.97 Å². The molecule has 3 nitrogen and oxygen atoms in total. The van der Waals surface area contributed by atoms with Crippen molar-refractivity contribution < 1.29 is 15.0 Å². The van der Waals surface area contributed by atoms with E-state index in [0.717, 1.165) is 30.4 Å². The van der Waals surface area contributed by atoms with Gasteiger partial charge in [-0.2, -0.15) is 0 Å². The van der Waals surface area contributed by atoms with Crippen molar-refractivity contribution in [2.45, 2.75) is 51.4 Å². The summed E-state index contributed by atoms with van der Waals surface area (Å²) < 4.78 is 0. The molecule has 0 bridgehead atoms. The number of rotatable bonds is 2. The molecular weight excluding hydrogens is 228 g/mol. The lowest BCUT2D eigenvalue weighted by Crippen LogP contribution is -2.38. The van der Waals surface area contributed by atoms with Gasteiger partial charge in [0, 0.05) is 5.56 Å². The van der Waals surface area contributed by atoms with E-state index in [-0.39, 0.29) is 5.75 Å². The molecule has 0 atom stereocenters. The zero-order valence-electron chi connectivity index (χ0n) is 11.0. The zero-order valence-corrected chi connectivity index (χ0v) is 11.0. The normalized spacial score (nSPS) is 18.6. The van der Waals surface area contributed by atoms with E-state index in [2.05, 4.69) is 0 Å². The van der Waals surface area contributed by atoms with E-state index in [1.807, 2.05) is 19.9 Å². The van der Waals surface area contributed by atoms with Crippen LogP contribution in [-0.2, 0) is 10.2 Å². The van der Waals surface area contributed by atoms with E-state index in [9.17, 15) is 15.0 Å². The van der Waals surface area contributed by atoms with Gasteiger partial charge in [0.05, 0.1) is 5.41 Å². The molecule has 1 fully saturated rings. The SMILES string of the molecule is Cc1cc(O)c(C2(C(=O)O)CCCCC2)cc1C. The number of hydrogen-bond acceptors (Lipinski definition) is 2. The molecular formula is C15H20O3. The molecule has 98 valence electrons. The molecule has 1 aliphatic carbocycles. The van der Waals surface area contributed by atoms with Gasteiger partial charge in [0.15, 0.2) is 0 Å². The Labute approximate surface area is 107 Å². The van der Waals surface area contributed by atoms with E-state index in [0.29, 0.717) is 18.4 Å². The maximum Gasteiger partial charge on any atom is 0.314 e. The van der Waals surface area contributed by atoms with Crippen LogP contribution in [0.3, 0.4) is 0 Å². The molecule has 2 rings (SSSR count). The van der Waals surface area contributed by atoms with Gasteiger partial charge in [-0.1, -0.05) is 25.3 Å². The third kappa shape index (κ3) is 1.98. The molecule has 0 saturated heterocycles. The summed E-state index contributed by atoms with van der Waals surface area (Å²) in [6, 6.07) is 3.54. The van der Waals surface area contributed by atoms with Crippen molar-refractivity contribution >= 4 is 5.97 Å². The average molecular weight is 248 g/mol. The third-order valence-electron chi connectivity index (χ3n) is 4.24. The molecule has 2 N–H and O–H groups in total. The van der Waals surface area contributed by atoms with Crippen LogP contribution in [0.25, 0.3) is 0 Å². The Balaban J connectivity index is 2.55. The fourth-order valence-corrected chi connectivity index (χ4v) is 2.94. The van der Waals surface area contributed by atoms with Crippen LogP contribution in [0.15, 0.2) is 12.1 Å². The first-order valence-electron chi connectivity index (χ1n) is 6.51. The molecule has 1 aliphatic rings. The van der Waals surface area contributed by atoms with Gasteiger partial charge in [-0.3, -0.25) is 4.79 Å². The average Bonchev–Trinajstić information content (AvgIpc) is 2.34. The molecule has 0 aliphatic heterocycles. The van der Waals surface area contributed by atoms with Gasteiger partial charge in [0.2, 0.25) is 0 Å². The van der Waals surface area contributed by atoms with Crippen molar-refractivity contribution in [2.24, 2.45) is 0 Å². The van der Waals surface area contributed by atoms with Gasteiger partial charge in [-0.15, -0.1) is 0 Å². The highest BCUT2D eigenvalue weighted by Gasteiger charge is 2.43. The number of benzene rings is 1. The summed E-state index contributed by atoms with van der Waals surface area (Å²) >= 11 is 0. The second-order valence-electron chi connectivity index (χ2n) is 5.40. The number of carboxylic acid groups (broad SMARTS) is 1. The van der Waals surface area contributed by atoms with Gasteiger partial charge in [0.25, 0.3) is 0 Å². The number of aliphatic carboxylic acids is 1. The topological polar surface area (TPSA) is 57.5 Å². The van der Waals surface area contributed by atoms with E-state index in [1.54, 1.807) is 6.07 Å². The molecule has 0 aromatic heterocycles. The summed E-state index contributed by atoms with van der Waals surface area (Å²) in [4.78, 5) is 11.7. The largest absolute Gasteiger partial charge is 0.508 e. The molecule has 1 aromatic carbocycles. The first kappa shape index (κ1) is 12.9. The standard InChI is InChI=1S/C15H20O3/c1-10-8-12(13(16)9-11(10)2)15(14(17)18)6-4-3-5-7-15/h8-9,16H,3-7H2,1-2H3,(H,17,18). The lowest BCUT2D eigenvalue weighted by atomic mass is 9.68. The number of aromatic hydroxyl groups is 1. The van der Waals surface area contributed by atoms with E-state index >= 15 is 0 Å². The molecule has 0 heterocycles. The van der Waals surface area contributed by atoms with Crippen LogP contribution >= 0.6 is 0 Å². The monoisotopic (exact) mass is 248 g/mol. The van der Waals surface area contributed by atoms with Gasteiger partial charge in [-0.25, -0.2) is 0 Å². The third-order valence-corrected chi connectivity index (χ3v) is 4.24. The molecule has 0 amide bonds. The van der Waals surface area contributed by atoms with Crippen LogP contribution in [0.5, 0.6) is 5.75 Å². The van der Waals surface area contributed by atoms with Crippen molar-refractivity contribution in [1.29, 1.82) is 0 Å². The van der Waals surface area contributed by atoms with Gasteiger partial charge in [-0.05, 0) is 43.9 Å². The number of hydrogen-bond donors (Lipinski definition) is 2. The number of phenols is 1. The number of aryl methyl sites for hydroxylation is 2. The zero-order chi connectivity index (χ0) is 13.3. The Kier molecular flexibility index (Phi) is 3.33. The predicted octanol–water partition coefficient (Wildman–Crippen LogP) is 3.30. The van der Waals surface area contributed by atoms with E-state index in [1.165, 1.54) is 0 Å². The molecule has 3 heteroatoms. The summed E-state index contributed by atoms with van der Waals surface area (Å²) in [6.07, 6.45) is 4.16. The lowest BCUT2D eigenvalue weighted by Gasteiger charge is -2.34. The molecule has 1 aromatic rings. The predicted molar refractivity (Wildman–Crippen MR) is 70.0 cm³/mol. The minimum absolute atomic E-state index is 0.127. The van der Waals surface area contributed by atoms with E-state index < -0.39 is 11.4 Å². The highest BCUT2D eigenvalue weighted by Crippen LogP contribution is 2.44. The highest BCUT2D eigenvalue weighted by atomic mass is 16.4. The van der Waals surface area contributed by atoms with Crippen molar-refractivity contribution in [3.8, 4) is 5.75 Å². The van der Waals surface area contributed by atoms with Crippen molar-refractivity contribution in [1.82, 2.24) is 0 Å². The first-order valence-corrected chi connectivity index (χ1v) is 6.51. The molecule has 0 radical (unpaired) electrons. The molecule has 18 heavy (non-hydrogen) atoms. The summed E-state index contributed by atoms with van der Waals surface area (Å²) in [5.74, 6) is -0.678. The van der Waals surface area contributed by atoms with E-state index in [4.69, 9.17) is 0 Å². The maximum atomic E-state index is 11.7. The van der Waals surface area contributed by atoms with Gasteiger partial charge in [0.1, 0.15) is 5.75 Å². The summed E-state index contributed by atoms with van der Waals surface area (Å²) in [5.41, 5.74) is 1.74. The summed E-state index contributed by atoms with van der Waals surface area (Å²) in [7, 11) is 0. The Morgan fingerprint density at radius 1 is 1.11 bits per heavy atom. The molecule has 0 unspecified atom stereocenters. The number of carbonyl (C=O) groups is 1. The van der Waals surface area contributed by atoms with Crippen molar-refractivity contribution in [2.75, 3.05) is 0 Å². The first-order chi connectivity index (χ1) is 8.47. The van der Waals surface area contributed by atoms with Crippen LogP contribution < -0.4 is 0 Å². The maximum absolute atomic E-state index is 11.7. The van der Waals surface area contributed by atoms with Crippen molar-refractivity contribution in [3.63, 3.8) is 0 Å². The number of phenolic OH excluding ortho intramolecular Hbond substituents is 1. The number of carboxylic acids is 1. The van der Waals surface area contributed by atoms with Crippen LogP contribution in [0.4, 0.5) is 0 Å². The Morgan fingerprint density at radius 3 is 2.22 bits per heavy atom. The summed E-state index contributed by atoms with van der Waals surface area (Å²) in [6.45, 7) is 3.88. The van der Waals surface area contributed by atoms with Crippen molar-refractivity contribution in [3.05, 3.63) is 28.8 Å².